The lowest BCUT2D eigenvalue weighted by Gasteiger charge is -2.09. The molecule has 0 spiro atoms. The van der Waals surface area contributed by atoms with Crippen molar-refractivity contribution in [3.8, 4) is 0 Å². The van der Waals surface area contributed by atoms with E-state index in [0.29, 0.717) is 0 Å². The molecule has 0 nitrogen and oxygen atoms in total. The standard InChI is InChI=1S/C14H15/c1-3-11-9-10-12-7-5-6-8-14(12)13(11)4-2/h5-10H,2-4H2,1H3. The Morgan fingerprint density at radius 1 is 1.07 bits per heavy atom. The van der Waals surface area contributed by atoms with Gasteiger partial charge in [-0.1, -0.05) is 43.3 Å². The van der Waals surface area contributed by atoms with E-state index in [4.69, 9.17) is 0 Å². The van der Waals surface area contributed by atoms with E-state index in [-0.39, 0.29) is 0 Å². The molecule has 0 aromatic heterocycles. The highest BCUT2D eigenvalue weighted by molar-refractivity contribution is 5.86. The molecule has 2 rings (SSSR count). The van der Waals surface area contributed by atoms with Crippen LogP contribution in [-0.2, 0) is 12.8 Å². The molecule has 1 radical (unpaired) electrons. The van der Waals surface area contributed by atoms with Crippen LogP contribution in [0, 0.1) is 6.92 Å². The third kappa shape index (κ3) is 1.41. The SMILES string of the molecule is [CH2]Cc1c(CC)ccc2ccccc12. The Balaban J connectivity index is 2.77. The van der Waals surface area contributed by atoms with Crippen LogP contribution in [0.1, 0.15) is 18.1 Å². The molecule has 0 saturated heterocycles. The molecule has 14 heavy (non-hydrogen) atoms. The third-order valence-corrected chi connectivity index (χ3v) is 2.77. The molecule has 0 unspecified atom stereocenters. The summed E-state index contributed by atoms with van der Waals surface area (Å²) in [4.78, 5) is 0. The number of benzene rings is 2. The topological polar surface area (TPSA) is 0 Å². The second-order valence-electron chi connectivity index (χ2n) is 3.53. The summed E-state index contributed by atoms with van der Waals surface area (Å²) in [5, 5.41) is 2.69. The van der Waals surface area contributed by atoms with Crippen LogP contribution in [0.2, 0.25) is 0 Å². The van der Waals surface area contributed by atoms with Gasteiger partial charge in [0.05, 0.1) is 0 Å². The minimum atomic E-state index is 0.879. The molecule has 0 aliphatic heterocycles. The lowest BCUT2D eigenvalue weighted by atomic mass is 9.96. The van der Waals surface area contributed by atoms with E-state index in [0.717, 1.165) is 12.8 Å². The largest absolute Gasteiger partial charge is 0.0616 e. The van der Waals surface area contributed by atoms with Gasteiger partial charge >= 0.3 is 0 Å². The predicted octanol–water partition coefficient (Wildman–Crippen LogP) is 3.78. The van der Waals surface area contributed by atoms with Crippen LogP contribution in [0.5, 0.6) is 0 Å². The molecule has 2 aromatic rings. The van der Waals surface area contributed by atoms with Crippen molar-refractivity contribution >= 4 is 10.8 Å². The first-order valence-electron chi connectivity index (χ1n) is 5.15. The van der Waals surface area contributed by atoms with E-state index in [1.807, 2.05) is 0 Å². The number of fused-ring (bicyclic) bond motifs is 1. The zero-order chi connectivity index (χ0) is 9.97. The van der Waals surface area contributed by atoms with Crippen LogP contribution in [0.15, 0.2) is 36.4 Å². The van der Waals surface area contributed by atoms with Gasteiger partial charge in [0.1, 0.15) is 0 Å². The third-order valence-electron chi connectivity index (χ3n) is 2.77. The maximum absolute atomic E-state index is 4.01. The van der Waals surface area contributed by atoms with Crippen molar-refractivity contribution in [3.05, 3.63) is 54.4 Å². The monoisotopic (exact) mass is 183 g/mol. The molecule has 0 amide bonds. The summed E-state index contributed by atoms with van der Waals surface area (Å²) in [5.41, 5.74) is 2.84. The molecule has 0 heterocycles. The molecule has 0 heteroatoms. The summed E-state index contributed by atoms with van der Waals surface area (Å²) in [7, 11) is 0. The Morgan fingerprint density at radius 3 is 2.57 bits per heavy atom. The normalized spacial score (nSPS) is 10.7. The van der Waals surface area contributed by atoms with E-state index >= 15 is 0 Å². The number of hydrogen-bond acceptors (Lipinski definition) is 0. The average Bonchev–Trinajstić information content (AvgIpc) is 2.27. The Kier molecular flexibility index (Phi) is 2.53. The highest BCUT2D eigenvalue weighted by Gasteiger charge is 2.03. The smallest absolute Gasteiger partial charge is 0.0149 e. The Bertz CT molecular complexity index is 441. The minimum Gasteiger partial charge on any atom is -0.0616 e. The molecule has 71 valence electrons. The fraction of sp³-hybridized carbons (Fsp3) is 0.214. The van der Waals surface area contributed by atoms with E-state index in [2.05, 4.69) is 50.2 Å². The van der Waals surface area contributed by atoms with Gasteiger partial charge in [-0.2, -0.15) is 0 Å². The van der Waals surface area contributed by atoms with Gasteiger partial charge in [-0.05, 0) is 41.7 Å². The first kappa shape index (κ1) is 9.26. The highest BCUT2D eigenvalue weighted by atomic mass is 14.1. The Morgan fingerprint density at radius 2 is 1.86 bits per heavy atom. The molecular formula is C14H15. The maximum Gasteiger partial charge on any atom is -0.0149 e. The van der Waals surface area contributed by atoms with Gasteiger partial charge in [-0.3, -0.25) is 0 Å². The maximum atomic E-state index is 4.01. The Labute approximate surface area is 85.6 Å². The summed E-state index contributed by atoms with van der Waals surface area (Å²) in [6.07, 6.45) is 1.97. The molecule has 0 atom stereocenters. The second-order valence-corrected chi connectivity index (χ2v) is 3.53. The Hall–Kier alpha value is -1.30. The second kappa shape index (κ2) is 3.83. The zero-order valence-electron chi connectivity index (χ0n) is 8.59. The van der Waals surface area contributed by atoms with Crippen molar-refractivity contribution < 1.29 is 0 Å². The summed E-state index contributed by atoms with van der Waals surface area (Å²) >= 11 is 0. The van der Waals surface area contributed by atoms with Crippen molar-refractivity contribution in [2.45, 2.75) is 19.8 Å². The first-order valence-corrected chi connectivity index (χ1v) is 5.15. The molecule has 0 saturated carbocycles. The van der Waals surface area contributed by atoms with Crippen LogP contribution in [0.4, 0.5) is 0 Å². The zero-order valence-corrected chi connectivity index (χ0v) is 8.59. The summed E-state index contributed by atoms with van der Waals surface area (Å²) < 4.78 is 0. The summed E-state index contributed by atoms with van der Waals surface area (Å²) in [6.45, 7) is 6.21. The molecule has 0 fully saturated rings. The van der Waals surface area contributed by atoms with Gasteiger partial charge in [-0.15, -0.1) is 0 Å². The van der Waals surface area contributed by atoms with E-state index in [9.17, 15) is 0 Å². The summed E-state index contributed by atoms with van der Waals surface area (Å²) in [5.74, 6) is 0. The molecule has 2 aromatic carbocycles. The molecule has 0 aliphatic rings. The van der Waals surface area contributed by atoms with Crippen LogP contribution in [-0.4, -0.2) is 0 Å². The quantitative estimate of drug-likeness (QED) is 0.664. The number of rotatable bonds is 2. The van der Waals surface area contributed by atoms with Gasteiger partial charge in [0, 0.05) is 0 Å². The van der Waals surface area contributed by atoms with E-state index < -0.39 is 0 Å². The minimum absolute atomic E-state index is 0.879. The van der Waals surface area contributed by atoms with E-state index in [1.54, 1.807) is 0 Å². The van der Waals surface area contributed by atoms with Crippen LogP contribution >= 0.6 is 0 Å². The molecular weight excluding hydrogens is 168 g/mol. The van der Waals surface area contributed by atoms with Crippen molar-refractivity contribution in [3.63, 3.8) is 0 Å². The molecule has 0 aliphatic carbocycles. The first-order chi connectivity index (χ1) is 6.86. The summed E-state index contributed by atoms with van der Waals surface area (Å²) in [6, 6.07) is 13.0. The van der Waals surface area contributed by atoms with Crippen LogP contribution in [0.3, 0.4) is 0 Å². The molecule has 0 N–H and O–H groups in total. The van der Waals surface area contributed by atoms with Gasteiger partial charge in [-0.25, -0.2) is 0 Å². The predicted molar refractivity (Wildman–Crippen MR) is 62.4 cm³/mol. The van der Waals surface area contributed by atoms with E-state index in [1.165, 1.54) is 21.9 Å². The molecule has 0 bridgehead atoms. The van der Waals surface area contributed by atoms with Gasteiger partial charge < -0.3 is 0 Å². The number of aryl methyl sites for hydroxylation is 1. The van der Waals surface area contributed by atoms with Crippen LogP contribution < -0.4 is 0 Å². The average molecular weight is 183 g/mol. The number of hydrogen-bond donors (Lipinski definition) is 0. The van der Waals surface area contributed by atoms with Crippen molar-refractivity contribution in [2.24, 2.45) is 0 Å². The van der Waals surface area contributed by atoms with Crippen LogP contribution in [0.25, 0.3) is 10.8 Å². The van der Waals surface area contributed by atoms with Gasteiger partial charge in [0.15, 0.2) is 0 Å². The van der Waals surface area contributed by atoms with Gasteiger partial charge in [0.25, 0.3) is 0 Å². The van der Waals surface area contributed by atoms with Crippen molar-refractivity contribution in [1.82, 2.24) is 0 Å². The fourth-order valence-corrected chi connectivity index (χ4v) is 2.01. The fourth-order valence-electron chi connectivity index (χ4n) is 2.01. The highest BCUT2D eigenvalue weighted by Crippen LogP contribution is 2.23. The van der Waals surface area contributed by atoms with Gasteiger partial charge in [0.2, 0.25) is 0 Å². The van der Waals surface area contributed by atoms with Crippen molar-refractivity contribution in [2.75, 3.05) is 0 Å². The lowest BCUT2D eigenvalue weighted by molar-refractivity contribution is 1.09. The van der Waals surface area contributed by atoms with Crippen molar-refractivity contribution in [1.29, 1.82) is 0 Å². The lowest BCUT2D eigenvalue weighted by Crippen LogP contribution is -1.92.